The van der Waals surface area contributed by atoms with Crippen LogP contribution in [0.1, 0.15) is 16.8 Å². The third-order valence-corrected chi connectivity index (χ3v) is 4.06. The number of aryl methyl sites for hydroxylation is 2. The normalized spacial score (nSPS) is 11.3. The molecule has 98 valence electrons. The fourth-order valence-corrected chi connectivity index (χ4v) is 3.17. The molecule has 5 heteroatoms. The molecule has 2 heterocycles. The number of nitrogens with zero attached hydrogens (tertiary/aromatic N) is 3. The molecule has 4 nitrogen and oxygen atoms in total. The van der Waals surface area contributed by atoms with Crippen LogP contribution in [0.4, 0.5) is 0 Å². The van der Waals surface area contributed by atoms with Crippen molar-refractivity contribution in [2.75, 3.05) is 6.54 Å². The van der Waals surface area contributed by atoms with E-state index >= 15 is 0 Å². The van der Waals surface area contributed by atoms with Crippen LogP contribution in [0.2, 0.25) is 0 Å². The van der Waals surface area contributed by atoms with E-state index in [0.717, 1.165) is 22.1 Å². The second-order valence-corrected chi connectivity index (χ2v) is 5.68. The third kappa shape index (κ3) is 2.27. The Morgan fingerprint density at radius 3 is 2.84 bits per heavy atom. The summed E-state index contributed by atoms with van der Waals surface area (Å²) in [6.07, 6.45) is 2.76. The molecule has 0 fully saturated rings. The molecular weight excluding hydrogens is 256 g/mol. The number of aromatic nitrogens is 3. The molecule has 0 amide bonds. The van der Waals surface area contributed by atoms with Crippen molar-refractivity contribution in [3.63, 3.8) is 0 Å². The van der Waals surface area contributed by atoms with E-state index < -0.39 is 0 Å². The Hall–Kier alpha value is -1.72. The molecule has 0 aliphatic carbocycles. The van der Waals surface area contributed by atoms with Gasteiger partial charge in [0.25, 0.3) is 0 Å². The standard InChI is InChI=1S/C14H16N4S/c1-9-3-4-12(10(2)7-9)13-17-18-8-11(5-6-15)16-14(18)19-13/h3-4,7-8H,5-6,15H2,1-2H3. The molecule has 0 aliphatic rings. The van der Waals surface area contributed by atoms with Crippen LogP contribution in [0.25, 0.3) is 15.5 Å². The highest BCUT2D eigenvalue weighted by Gasteiger charge is 2.11. The number of benzene rings is 1. The first-order valence-corrected chi connectivity index (χ1v) is 7.12. The van der Waals surface area contributed by atoms with Gasteiger partial charge in [-0.2, -0.15) is 5.10 Å². The quantitative estimate of drug-likeness (QED) is 0.797. The molecule has 0 radical (unpaired) electrons. The minimum absolute atomic E-state index is 0.620. The third-order valence-electron chi connectivity index (χ3n) is 3.11. The van der Waals surface area contributed by atoms with Crippen LogP contribution in [0.3, 0.4) is 0 Å². The zero-order chi connectivity index (χ0) is 13.4. The molecule has 19 heavy (non-hydrogen) atoms. The number of fused-ring (bicyclic) bond motifs is 1. The van der Waals surface area contributed by atoms with Crippen LogP contribution in [0.15, 0.2) is 24.4 Å². The minimum Gasteiger partial charge on any atom is -0.330 e. The summed E-state index contributed by atoms with van der Waals surface area (Å²) in [5.41, 5.74) is 10.2. The highest BCUT2D eigenvalue weighted by molar-refractivity contribution is 7.19. The van der Waals surface area contributed by atoms with Gasteiger partial charge in [-0.1, -0.05) is 35.1 Å². The maximum absolute atomic E-state index is 5.54. The summed E-state index contributed by atoms with van der Waals surface area (Å²) < 4.78 is 1.85. The first-order chi connectivity index (χ1) is 9.17. The fraction of sp³-hybridized carbons (Fsp3) is 0.286. The lowest BCUT2D eigenvalue weighted by molar-refractivity contribution is 0.924. The summed E-state index contributed by atoms with van der Waals surface area (Å²) in [5.74, 6) is 0. The lowest BCUT2D eigenvalue weighted by Gasteiger charge is -2.02. The number of rotatable bonds is 3. The predicted octanol–water partition coefficient (Wildman–Crippen LogP) is 2.58. The van der Waals surface area contributed by atoms with Crippen molar-refractivity contribution >= 4 is 16.3 Å². The van der Waals surface area contributed by atoms with E-state index in [1.165, 1.54) is 16.7 Å². The van der Waals surface area contributed by atoms with Gasteiger partial charge in [0.1, 0.15) is 5.01 Å². The van der Waals surface area contributed by atoms with Crippen molar-refractivity contribution in [3.8, 4) is 10.6 Å². The second-order valence-electron chi connectivity index (χ2n) is 4.72. The van der Waals surface area contributed by atoms with Crippen molar-refractivity contribution in [2.45, 2.75) is 20.3 Å². The summed E-state index contributed by atoms with van der Waals surface area (Å²) >= 11 is 1.62. The molecule has 0 saturated heterocycles. The minimum atomic E-state index is 0.620. The van der Waals surface area contributed by atoms with E-state index in [1.807, 2.05) is 10.7 Å². The van der Waals surface area contributed by atoms with Crippen LogP contribution in [0.5, 0.6) is 0 Å². The molecule has 0 unspecified atom stereocenters. The molecule has 3 rings (SSSR count). The summed E-state index contributed by atoms with van der Waals surface area (Å²) in [7, 11) is 0. The van der Waals surface area contributed by atoms with Crippen molar-refractivity contribution in [1.29, 1.82) is 0 Å². The SMILES string of the molecule is Cc1ccc(-c2nn3cc(CCN)nc3s2)c(C)c1. The molecule has 0 spiro atoms. The zero-order valence-corrected chi connectivity index (χ0v) is 11.9. The van der Waals surface area contributed by atoms with Crippen molar-refractivity contribution in [1.82, 2.24) is 14.6 Å². The van der Waals surface area contributed by atoms with Crippen LogP contribution >= 0.6 is 11.3 Å². The van der Waals surface area contributed by atoms with E-state index in [0.29, 0.717) is 6.54 Å². The number of hydrogen-bond acceptors (Lipinski definition) is 4. The summed E-state index contributed by atoms with van der Waals surface area (Å²) in [5, 5.41) is 5.62. The van der Waals surface area contributed by atoms with E-state index in [9.17, 15) is 0 Å². The van der Waals surface area contributed by atoms with Crippen molar-refractivity contribution in [2.24, 2.45) is 5.73 Å². The van der Waals surface area contributed by atoms with E-state index in [4.69, 9.17) is 5.73 Å². The predicted molar refractivity (Wildman–Crippen MR) is 78.5 cm³/mol. The molecule has 0 bridgehead atoms. The lowest BCUT2D eigenvalue weighted by Crippen LogP contribution is -2.02. The van der Waals surface area contributed by atoms with Gasteiger partial charge in [-0.15, -0.1) is 0 Å². The smallest absolute Gasteiger partial charge is 0.212 e. The first kappa shape index (κ1) is 12.3. The fourth-order valence-electron chi connectivity index (χ4n) is 2.18. The van der Waals surface area contributed by atoms with Gasteiger partial charge in [-0.05, 0) is 26.0 Å². The zero-order valence-electron chi connectivity index (χ0n) is 11.1. The van der Waals surface area contributed by atoms with Gasteiger partial charge in [0.15, 0.2) is 0 Å². The number of nitrogens with two attached hydrogens (primary N) is 1. The Balaban J connectivity index is 2.03. The summed E-state index contributed by atoms with van der Waals surface area (Å²) in [6, 6.07) is 6.43. The van der Waals surface area contributed by atoms with Crippen molar-refractivity contribution in [3.05, 3.63) is 41.2 Å². The van der Waals surface area contributed by atoms with Gasteiger partial charge in [0.05, 0.1) is 11.9 Å². The van der Waals surface area contributed by atoms with Crippen LogP contribution < -0.4 is 5.73 Å². The monoisotopic (exact) mass is 272 g/mol. The lowest BCUT2D eigenvalue weighted by atomic mass is 10.1. The average molecular weight is 272 g/mol. The Bertz CT molecular complexity index is 695. The Morgan fingerprint density at radius 2 is 2.16 bits per heavy atom. The number of imidazole rings is 1. The molecular formula is C14H16N4S. The highest BCUT2D eigenvalue weighted by atomic mass is 32.1. The van der Waals surface area contributed by atoms with Crippen LogP contribution in [-0.4, -0.2) is 21.1 Å². The van der Waals surface area contributed by atoms with Gasteiger partial charge < -0.3 is 5.73 Å². The van der Waals surface area contributed by atoms with Gasteiger partial charge in [0.2, 0.25) is 4.96 Å². The van der Waals surface area contributed by atoms with Crippen LogP contribution in [-0.2, 0) is 6.42 Å². The maximum Gasteiger partial charge on any atom is 0.212 e. The Labute approximate surface area is 115 Å². The largest absolute Gasteiger partial charge is 0.330 e. The van der Waals surface area contributed by atoms with E-state index in [1.54, 1.807) is 11.3 Å². The van der Waals surface area contributed by atoms with E-state index in [2.05, 4.69) is 42.1 Å². The van der Waals surface area contributed by atoms with Gasteiger partial charge in [0, 0.05) is 12.0 Å². The Kier molecular flexibility index (Phi) is 3.08. The van der Waals surface area contributed by atoms with Crippen molar-refractivity contribution < 1.29 is 0 Å². The number of hydrogen-bond donors (Lipinski definition) is 1. The maximum atomic E-state index is 5.54. The van der Waals surface area contributed by atoms with Gasteiger partial charge >= 0.3 is 0 Å². The molecule has 0 aliphatic heterocycles. The molecule has 2 N–H and O–H groups in total. The molecule has 0 saturated carbocycles. The highest BCUT2D eigenvalue weighted by Crippen LogP contribution is 2.28. The average Bonchev–Trinajstić information content (AvgIpc) is 2.87. The van der Waals surface area contributed by atoms with Crippen LogP contribution in [0, 0.1) is 13.8 Å². The molecule has 1 aromatic carbocycles. The molecule has 0 atom stereocenters. The molecule has 3 aromatic rings. The topological polar surface area (TPSA) is 56.2 Å². The first-order valence-electron chi connectivity index (χ1n) is 6.30. The summed E-state index contributed by atoms with van der Waals surface area (Å²) in [6.45, 7) is 4.84. The summed E-state index contributed by atoms with van der Waals surface area (Å²) in [4.78, 5) is 5.46. The van der Waals surface area contributed by atoms with Gasteiger partial charge in [-0.25, -0.2) is 9.50 Å². The van der Waals surface area contributed by atoms with E-state index in [-0.39, 0.29) is 0 Å². The van der Waals surface area contributed by atoms with Gasteiger partial charge in [-0.3, -0.25) is 0 Å². The molecule has 2 aromatic heterocycles. The second kappa shape index (κ2) is 4.75. The Morgan fingerprint density at radius 1 is 1.32 bits per heavy atom.